The lowest BCUT2D eigenvalue weighted by Gasteiger charge is -2.30. The van der Waals surface area contributed by atoms with Crippen LogP contribution in [-0.2, 0) is 4.79 Å². The van der Waals surface area contributed by atoms with Crippen molar-refractivity contribution in [2.24, 2.45) is 0 Å². The summed E-state index contributed by atoms with van der Waals surface area (Å²) in [6.45, 7) is 8.04. The number of rotatable bonds is 6. The molecule has 0 radical (unpaired) electrons. The minimum Gasteiger partial charge on any atom is -0.410 e. The van der Waals surface area contributed by atoms with E-state index in [1.54, 1.807) is 0 Å². The standard InChI is InChI=1S/C18H20ClN3O2S2/c1-10(2)22(11(3)4)14(23)9-25-18-21-20-17(24-18)16-15(19)12-7-5-6-8-13(12)26-16/h5-8,10-11H,9H2,1-4H3. The van der Waals surface area contributed by atoms with E-state index in [1.165, 1.54) is 23.1 Å². The molecule has 0 aliphatic carbocycles. The van der Waals surface area contributed by atoms with Crippen molar-refractivity contribution in [1.82, 2.24) is 15.1 Å². The molecule has 1 aromatic carbocycles. The van der Waals surface area contributed by atoms with E-state index in [4.69, 9.17) is 16.0 Å². The maximum atomic E-state index is 12.4. The zero-order chi connectivity index (χ0) is 18.8. The highest BCUT2D eigenvalue weighted by molar-refractivity contribution is 7.99. The first-order chi connectivity index (χ1) is 12.4. The van der Waals surface area contributed by atoms with Crippen molar-refractivity contribution in [2.45, 2.75) is 45.0 Å². The number of amides is 1. The largest absolute Gasteiger partial charge is 0.410 e. The molecule has 2 aromatic heterocycles. The number of aromatic nitrogens is 2. The molecule has 0 fully saturated rings. The lowest BCUT2D eigenvalue weighted by atomic mass is 10.2. The van der Waals surface area contributed by atoms with Crippen LogP contribution in [-0.4, -0.2) is 38.8 Å². The maximum absolute atomic E-state index is 12.4. The number of hydrogen-bond donors (Lipinski definition) is 0. The molecule has 3 aromatic rings. The van der Waals surface area contributed by atoms with E-state index in [1.807, 2.05) is 56.9 Å². The number of fused-ring (bicyclic) bond motifs is 1. The van der Waals surface area contributed by atoms with Gasteiger partial charge in [0.2, 0.25) is 5.91 Å². The fourth-order valence-corrected chi connectivity index (χ4v) is 4.95. The molecule has 2 heterocycles. The molecule has 3 rings (SSSR count). The minimum atomic E-state index is 0.0552. The second kappa shape index (κ2) is 7.98. The van der Waals surface area contributed by atoms with E-state index in [0.717, 1.165) is 15.0 Å². The predicted octanol–water partition coefficient (Wildman–Crippen LogP) is 5.34. The van der Waals surface area contributed by atoms with Gasteiger partial charge in [0, 0.05) is 22.2 Å². The monoisotopic (exact) mass is 409 g/mol. The molecule has 0 spiro atoms. The van der Waals surface area contributed by atoms with Crippen molar-refractivity contribution < 1.29 is 9.21 Å². The van der Waals surface area contributed by atoms with Crippen LogP contribution in [0.2, 0.25) is 5.02 Å². The zero-order valence-electron chi connectivity index (χ0n) is 15.0. The van der Waals surface area contributed by atoms with Crippen LogP contribution < -0.4 is 0 Å². The van der Waals surface area contributed by atoms with Crippen LogP contribution in [0.3, 0.4) is 0 Å². The van der Waals surface area contributed by atoms with Crippen LogP contribution in [0.5, 0.6) is 0 Å². The molecule has 0 saturated carbocycles. The second-order valence-electron chi connectivity index (χ2n) is 6.39. The summed E-state index contributed by atoms with van der Waals surface area (Å²) in [7, 11) is 0. The number of thiophene rings is 1. The molecule has 8 heteroatoms. The van der Waals surface area contributed by atoms with Crippen LogP contribution in [0.15, 0.2) is 33.9 Å². The second-order valence-corrected chi connectivity index (χ2v) is 8.75. The third-order valence-electron chi connectivity index (χ3n) is 3.86. The Bertz CT molecular complexity index is 912. The Morgan fingerprint density at radius 3 is 2.58 bits per heavy atom. The SMILES string of the molecule is CC(C)N(C(=O)CSc1nnc(-c2sc3ccccc3c2Cl)o1)C(C)C. The zero-order valence-corrected chi connectivity index (χ0v) is 17.4. The average Bonchev–Trinajstić information content (AvgIpc) is 3.17. The minimum absolute atomic E-state index is 0.0552. The van der Waals surface area contributed by atoms with Gasteiger partial charge in [-0.2, -0.15) is 0 Å². The van der Waals surface area contributed by atoms with Gasteiger partial charge in [0.25, 0.3) is 11.1 Å². The summed E-state index contributed by atoms with van der Waals surface area (Å²) < 4.78 is 6.80. The summed E-state index contributed by atoms with van der Waals surface area (Å²) in [6.07, 6.45) is 0. The predicted molar refractivity (Wildman–Crippen MR) is 108 cm³/mol. The smallest absolute Gasteiger partial charge is 0.277 e. The number of benzene rings is 1. The highest BCUT2D eigenvalue weighted by Gasteiger charge is 2.22. The highest BCUT2D eigenvalue weighted by atomic mass is 35.5. The van der Waals surface area contributed by atoms with E-state index in [-0.39, 0.29) is 23.7 Å². The summed E-state index contributed by atoms with van der Waals surface area (Å²) in [5.74, 6) is 0.702. The first kappa shape index (κ1) is 19.2. The molecule has 26 heavy (non-hydrogen) atoms. The van der Waals surface area contributed by atoms with E-state index >= 15 is 0 Å². The number of hydrogen-bond acceptors (Lipinski definition) is 6. The van der Waals surface area contributed by atoms with E-state index in [9.17, 15) is 4.79 Å². The van der Waals surface area contributed by atoms with Crippen molar-refractivity contribution in [3.63, 3.8) is 0 Å². The number of nitrogens with zero attached hydrogens (tertiary/aromatic N) is 3. The summed E-state index contributed by atoms with van der Waals surface area (Å²) in [4.78, 5) is 15.1. The van der Waals surface area contributed by atoms with Gasteiger partial charge in [0.15, 0.2) is 0 Å². The van der Waals surface area contributed by atoms with Gasteiger partial charge in [-0.3, -0.25) is 4.79 Å². The molecule has 0 unspecified atom stereocenters. The Morgan fingerprint density at radius 2 is 1.92 bits per heavy atom. The van der Waals surface area contributed by atoms with Gasteiger partial charge in [0.1, 0.15) is 4.88 Å². The van der Waals surface area contributed by atoms with Crippen LogP contribution in [0.4, 0.5) is 0 Å². The van der Waals surface area contributed by atoms with E-state index < -0.39 is 0 Å². The van der Waals surface area contributed by atoms with E-state index in [2.05, 4.69) is 10.2 Å². The van der Waals surface area contributed by atoms with E-state index in [0.29, 0.717) is 16.1 Å². The maximum Gasteiger partial charge on any atom is 0.277 e. The first-order valence-corrected chi connectivity index (χ1v) is 10.5. The molecule has 1 amide bonds. The topological polar surface area (TPSA) is 59.2 Å². The van der Waals surface area contributed by atoms with Crippen LogP contribution in [0.1, 0.15) is 27.7 Å². The Balaban J connectivity index is 1.74. The van der Waals surface area contributed by atoms with Gasteiger partial charge in [0.05, 0.1) is 10.8 Å². The molecule has 138 valence electrons. The quantitative estimate of drug-likeness (QED) is 0.514. The fourth-order valence-electron chi connectivity index (χ4n) is 2.88. The first-order valence-electron chi connectivity index (χ1n) is 8.33. The van der Waals surface area contributed by atoms with Crippen molar-refractivity contribution in [2.75, 3.05) is 5.75 Å². The van der Waals surface area contributed by atoms with Gasteiger partial charge in [-0.1, -0.05) is 41.6 Å². The highest BCUT2D eigenvalue weighted by Crippen LogP contribution is 2.41. The molecule has 0 aliphatic rings. The summed E-state index contributed by atoms with van der Waals surface area (Å²) in [5, 5.41) is 10.1. The van der Waals surface area contributed by atoms with Gasteiger partial charge >= 0.3 is 0 Å². The Hall–Kier alpha value is -1.57. The molecule has 5 nitrogen and oxygen atoms in total. The molecule has 0 N–H and O–H groups in total. The van der Waals surface area contributed by atoms with Crippen molar-refractivity contribution >= 4 is 50.7 Å². The molecule has 0 saturated heterocycles. The number of carbonyl (C=O) groups is 1. The lowest BCUT2D eigenvalue weighted by molar-refractivity contribution is -0.131. The van der Waals surface area contributed by atoms with Crippen LogP contribution in [0, 0.1) is 0 Å². The Morgan fingerprint density at radius 1 is 1.23 bits per heavy atom. The van der Waals surface area contributed by atoms with Crippen LogP contribution in [0.25, 0.3) is 20.9 Å². The lowest BCUT2D eigenvalue weighted by Crippen LogP contribution is -2.43. The van der Waals surface area contributed by atoms with Crippen molar-refractivity contribution in [3.05, 3.63) is 29.3 Å². The van der Waals surface area contributed by atoms with Gasteiger partial charge in [-0.05, 0) is 33.8 Å². The summed E-state index contributed by atoms with van der Waals surface area (Å²) in [5.41, 5.74) is 0. The summed E-state index contributed by atoms with van der Waals surface area (Å²) >= 11 is 9.22. The molecule has 0 atom stereocenters. The van der Waals surface area contributed by atoms with Crippen molar-refractivity contribution in [1.29, 1.82) is 0 Å². The van der Waals surface area contributed by atoms with Gasteiger partial charge < -0.3 is 9.32 Å². The third kappa shape index (κ3) is 3.89. The molecular formula is C18H20ClN3O2S2. The van der Waals surface area contributed by atoms with Crippen LogP contribution >= 0.6 is 34.7 Å². The molecule has 0 aliphatic heterocycles. The van der Waals surface area contributed by atoms with Gasteiger partial charge in [-0.15, -0.1) is 21.5 Å². The molecule has 0 bridgehead atoms. The molecular weight excluding hydrogens is 390 g/mol. The number of thioether (sulfide) groups is 1. The number of halogens is 1. The normalized spacial score (nSPS) is 11.7. The van der Waals surface area contributed by atoms with Gasteiger partial charge in [-0.25, -0.2) is 0 Å². The number of carbonyl (C=O) groups excluding carboxylic acids is 1. The van der Waals surface area contributed by atoms with Crippen molar-refractivity contribution in [3.8, 4) is 10.8 Å². The Kier molecular flexibility index (Phi) is 5.89. The third-order valence-corrected chi connectivity index (χ3v) is 6.32. The fraction of sp³-hybridized carbons (Fsp3) is 0.389. The summed E-state index contributed by atoms with van der Waals surface area (Å²) in [6, 6.07) is 8.19. The Labute approximate surface area is 165 Å². The average molecular weight is 410 g/mol.